The van der Waals surface area contributed by atoms with E-state index in [4.69, 9.17) is 10.2 Å². The van der Waals surface area contributed by atoms with Gasteiger partial charge in [0.2, 0.25) is 0 Å². The van der Waals surface area contributed by atoms with E-state index in [2.05, 4.69) is 0 Å². The summed E-state index contributed by atoms with van der Waals surface area (Å²) in [6.07, 6.45) is 5.78. The summed E-state index contributed by atoms with van der Waals surface area (Å²) in [6.45, 7) is -1.10. The smallest absolute Gasteiger partial charge is 0.256 e. The summed E-state index contributed by atoms with van der Waals surface area (Å²) in [5.74, 6) is -1.27. The Labute approximate surface area is 80.9 Å². The fraction of sp³-hybridized carbons (Fsp3) is 0.333. The van der Waals surface area contributed by atoms with Crippen molar-refractivity contribution in [3.05, 3.63) is 24.6 Å². The first-order valence-corrected chi connectivity index (χ1v) is 4.11. The highest BCUT2D eigenvalue weighted by molar-refractivity contribution is 5.86. The Balaban J connectivity index is 2.61. The van der Waals surface area contributed by atoms with E-state index in [0.29, 0.717) is 0 Å². The van der Waals surface area contributed by atoms with Crippen LogP contribution in [0, 0.1) is 5.92 Å². The van der Waals surface area contributed by atoms with Crippen LogP contribution >= 0.6 is 0 Å². The number of Topliss-reactive ketones (excluding diaryl/α,β-unsaturated/α-hetero) is 1. The monoisotopic (exact) mass is 197 g/mol. The molecule has 2 N–H and O–H groups in total. The second-order valence-electron chi connectivity index (χ2n) is 2.79. The molecule has 1 amide bonds. The minimum atomic E-state index is -0.576. The summed E-state index contributed by atoms with van der Waals surface area (Å²) in [7, 11) is 0. The van der Waals surface area contributed by atoms with E-state index in [-0.39, 0.29) is 5.78 Å². The van der Waals surface area contributed by atoms with Gasteiger partial charge >= 0.3 is 0 Å². The van der Waals surface area contributed by atoms with Crippen molar-refractivity contribution in [2.24, 2.45) is 5.92 Å². The fourth-order valence-corrected chi connectivity index (χ4v) is 1.05. The zero-order chi connectivity index (χ0) is 10.6. The summed E-state index contributed by atoms with van der Waals surface area (Å²) in [6, 6.07) is 0. The lowest BCUT2D eigenvalue weighted by molar-refractivity contribution is -0.129. The Morgan fingerprint density at radius 2 is 1.71 bits per heavy atom. The first-order chi connectivity index (χ1) is 6.69. The second kappa shape index (κ2) is 4.69. The average molecular weight is 197 g/mol. The van der Waals surface area contributed by atoms with Gasteiger partial charge in [0.1, 0.15) is 13.2 Å². The highest BCUT2D eigenvalue weighted by Crippen LogP contribution is 2.11. The van der Waals surface area contributed by atoms with E-state index in [9.17, 15) is 9.59 Å². The van der Waals surface area contributed by atoms with Crippen molar-refractivity contribution < 1.29 is 19.8 Å². The normalized spacial score (nSPS) is 16.0. The molecule has 0 aromatic carbocycles. The van der Waals surface area contributed by atoms with Crippen LogP contribution in [0.5, 0.6) is 0 Å². The summed E-state index contributed by atoms with van der Waals surface area (Å²) in [5.41, 5.74) is 0. The fourth-order valence-electron chi connectivity index (χ4n) is 1.05. The van der Waals surface area contributed by atoms with Gasteiger partial charge in [-0.15, -0.1) is 0 Å². The Bertz CT molecular complexity index is 253. The molecule has 0 saturated heterocycles. The van der Waals surface area contributed by atoms with Crippen LogP contribution in [-0.4, -0.2) is 40.0 Å². The van der Waals surface area contributed by atoms with Crippen molar-refractivity contribution in [1.82, 2.24) is 4.90 Å². The van der Waals surface area contributed by atoms with Gasteiger partial charge in [0.25, 0.3) is 5.91 Å². The number of aliphatic hydroxyl groups excluding tert-OH is 2. The van der Waals surface area contributed by atoms with E-state index in [1.807, 2.05) is 0 Å². The molecule has 0 aliphatic carbocycles. The molecular weight excluding hydrogens is 186 g/mol. The van der Waals surface area contributed by atoms with E-state index in [1.54, 1.807) is 0 Å². The molecule has 1 aliphatic heterocycles. The third kappa shape index (κ3) is 2.27. The van der Waals surface area contributed by atoms with Crippen LogP contribution in [0.2, 0.25) is 0 Å². The maximum Gasteiger partial charge on any atom is 0.256 e. The molecule has 5 nitrogen and oxygen atoms in total. The van der Waals surface area contributed by atoms with Crippen molar-refractivity contribution >= 4 is 11.7 Å². The molecule has 0 aromatic heterocycles. The van der Waals surface area contributed by atoms with Crippen molar-refractivity contribution in [2.75, 3.05) is 13.2 Å². The first-order valence-electron chi connectivity index (χ1n) is 4.11. The van der Waals surface area contributed by atoms with Gasteiger partial charge in [0, 0.05) is 12.4 Å². The number of hydrogen-bond acceptors (Lipinski definition) is 4. The Morgan fingerprint density at radius 3 is 2.14 bits per heavy atom. The van der Waals surface area contributed by atoms with Gasteiger partial charge in [-0.2, -0.15) is 0 Å². The quantitative estimate of drug-likeness (QED) is 0.610. The van der Waals surface area contributed by atoms with Gasteiger partial charge < -0.3 is 10.2 Å². The van der Waals surface area contributed by atoms with Crippen molar-refractivity contribution in [1.29, 1.82) is 0 Å². The van der Waals surface area contributed by atoms with Crippen LogP contribution in [0.25, 0.3) is 0 Å². The first kappa shape index (κ1) is 10.6. The third-order valence-corrected chi connectivity index (χ3v) is 1.86. The molecule has 14 heavy (non-hydrogen) atoms. The minimum Gasteiger partial charge on any atom is -0.389 e. The third-order valence-electron chi connectivity index (χ3n) is 1.86. The van der Waals surface area contributed by atoms with E-state index in [1.165, 1.54) is 29.5 Å². The average Bonchev–Trinajstić information content (AvgIpc) is 2.27. The van der Waals surface area contributed by atoms with Crippen LogP contribution in [0.15, 0.2) is 24.6 Å². The Kier molecular flexibility index (Phi) is 3.55. The molecule has 1 aliphatic rings. The molecule has 76 valence electrons. The number of carbonyl (C=O) groups is 2. The van der Waals surface area contributed by atoms with Crippen molar-refractivity contribution in [2.45, 2.75) is 0 Å². The van der Waals surface area contributed by atoms with Crippen LogP contribution in [0.1, 0.15) is 0 Å². The number of ketones is 1. The topological polar surface area (TPSA) is 77.8 Å². The molecule has 0 bridgehead atoms. The maximum atomic E-state index is 11.0. The summed E-state index contributed by atoms with van der Waals surface area (Å²) >= 11 is 0. The van der Waals surface area contributed by atoms with Crippen LogP contribution < -0.4 is 0 Å². The predicted molar refractivity (Wildman–Crippen MR) is 47.8 cm³/mol. The van der Waals surface area contributed by atoms with Gasteiger partial charge in [-0.25, -0.2) is 0 Å². The van der Waals surface area contributed by atoms with E-state index in [0.717, 1.165) is 0 Å². The maximum absolute atomic E-state index is 11.0. The number of amides is 1. The summed E-state index contributed by atoms with van der Waals surface area (Å²) in [4.78, 5) is 23.1. The largest absolute Gasteiger partial charge is 0.389 e. The minimum absolute atomic E-state index is 0.325. The highest BCUT2D eigenvalue weighted by atomic mass is 16.3. The number of hydrogen-bond donors (Lipinski definition) is 2. The Hall–Kier alpha value is -1.46. The molecule has 0 aromatic rings. The van der Waals surface area contributed by atoms with Gasteiger partial charge in [0.15, 0.2) is 5.78 Å². The molecule has 1 heterocycles. The number of rotatable bonds is 3. The molecular formula is C9H11NO4. The standard InChI is InChI=1S/C9H11NO4/c11-5-8(13)7-1-3-10(4-2-7)9(14)6-12/h1-4,7,11-12H,5-6H2. The zero-order valence-corrected chi connectivity index (χ0v) is 7.46. The molecule has 0 spiro atoms. The SMILES string of the molecule is O=C(CO)C1C=CN(C(=O)CO)C=C1. The lowest BCUT2D eigenvalue weighted by Crippen LogP contribution is -2.27. The van der Waals surface area contributed by atoms with Crippen molar-refractivity contribution in [3.8, 4) is 0 Å². The Morgan fingerprint density at radius 1 is 1.14 bits per heavy atom. The number of allylic oxidation sites excluding steroid dienone is 2. The van der Waals surface area contributed by atoms with Gasteiger partial charge in [0.05, 0.1) is 5.92 Å². The molecule has 5 heteroatoms. The van der Waals surface area contributed by atoms with E-state index >= 15 is 0 Å². The predicted octanol–water partition coefficient (Wildman–Crippen LogP) is -0.974. The van der Waals surface area contributed by atoms with Gasteiger partial charge in [-0.1, -0.05) is 12.2 Å². The van der Waals surface area contributed by atoms with Crippen LogP contribution in [-0.2, 0) is 9.59 Å². The molecule has 1 rings (SSSR count). The van der Waals surface area contributed by atoms with Gasteiger partial charge in [-0.05, 0) is 0 Å². The van der Waals surface area contributed by atoms with E-state index < -0.39 is 25.0 Å². The molecule has 0 atom stereocenters. The van der Waals surface area contributed by atoms with Crippen molar-refractivity contribution in [3.63, 3.8) is 0 Å². The lowest BCUT2D eigenvalue weighted by atomic mass is 10.0. The summed E-state index contributed by atoms with van der Waals surface area (Å²) < 4.78 is 0. The summed E-state index contributed by atoms with van der Waals surface area (Å²) in [5, 5.41) is 17.1. The number of carbonyl (C=O) groups excluding carboxylic acids is 2. The number of nitrogens with zero attached hydrogens (tertiary/aromatic N) is 1. The molecule has 0 radical (unpaired) electrons. The van der Waals surface area contributed by atoms with Gasteiger partial charge in [-0.3, -0.25) is 14.5 Å². The lowest BCUT2D eigenvalue weighted by Gasteiger charge is -2.17. The molecule has 0 unspecified atom stereocenters. The molecule has 0 fully saturated rings. The highest BCUT2D eigenvalue weighted by Gasteiger charge is 2.16. The second-order valence-corrected chi connectivity index (χ2v) is 2.79. The van der Waals surface area contributed by atoms with Crippen LogP contribution in [0.4, 0.5) is 0 Å². The number of aliphatic hydroxyl groups is 2. The zero-order valence-electron chi connectivity index (χ0n) is 7.46. The molecule has 0 saturated carbocycles. The van der Waals surface area contributed by atoms with Crippen LogP contribution in [0.3, 0.4) is 0 Å².